The third-order valence-electron chi connectivity index (χ3n) is 3.26. The van der Waals surface area contributed by atoms with E-state index in [1.54, 1.807) is 6.20 Å². The Morgan fingerprint density at radius 2 is 2.44 bits per heavy atom. The molecule has 1 unspecified atom stereocenters. The molecule has 2 N–H and O–H groups in total. The lowest BCUT2D eigenvalue weighted by Crippen LogP contribution is -2.09. The Hall–Kier alpha value is -1.42. The molecule has 0 aliphatic carbocycles. The number of nitrogens with one attached hydrogen (secondary N) is 2. The van der Waals surface area contributed by atoms with Gasteiger partial charge in [0, 0.05) is 12.6 Å². The van der Waals surface area contributed by atoms with Crippen molar-refractivity contribution in [1.82, 2.24) is 20.3 Å². The number of hydrogen-bond donors (Lipinski definition) is 2. The van der Waals surface area contributed by atoms with E-state index in [0.717, 1.165) is 29.3 Å². The summed E-state index contributed by atoms with van der Waals surface area (Å²) < 4.78 is 0. The van der Waals surface area contributed by atoms with Gasteiger partial charge in [-0.15, -0.1) is 0 Å². The molecule has 1 aliphatic heterocycles. The van der Waals surface area contributed by atoms with E-state index in [9.17, 15) is 0 Å². The molecule has 1 aliphatic rings. The van der Waals surface area contributed by atoms with E-state index in [1.165, 1.54) is 25.9 Å². The van der Waals surface area contributed by atoms with Gasteiger partial charge in [-0.05, 0) is 44.0 Å². The number of hydrogen-bond acceptors (Lipinski definition) is 3. The van der Waals surface area contributed by atoms with Crippen LogP contribution in [0.4, 0.5) is 0 Å². The zero-order chi connectivity index (χ0) is 10.8. The second-order valence-electron chi connectivity index (χ2n) is 4.46. The quantitative estimate of drug-likeness (QED) is 0.817. The van der Waals surface area contributed by atoms with E-state index in [4.69, 9.17) is 0 Å². The molecule has 16 heavy (non-hydrogen) atoms. The van der Waals surface area contributed by atoms with Crippen LogP contribution in [0.5, 0.6) is 0 Å². The Morgan fingerprint density at radius 1 is 1.44 bits per heavy atom. The van der Waals surface area contributed by atoms with E-state index in [1.807, 2.05) is 12.1 Å². The summed E-state index contributed by atoms with van der Waals surface area (Å²) in [4.78, 5) is 12.0. The molecule has 2 aromatic heterocycles. The summed E-state index contributed by atoms with van der Waals surface area (Å²) in [5.74, 6) is 1.89. The number of rotatable bonds is 3. The van der Waals surface area contributed by atoms with Crippen LogP contribution in [0.25, 0.3) is 11.2 Å². The second kappa shape index (κ2) is 4.22. The summed E-state index contributed by atoms with van der Waals surface area (Å²) in [5, 5.41) is 3.39. The molecule has 0 aromatic carbocycles. The van der Waals surface area contributed by atoms with Crippen LogP contribution >= 0.6 is 0 Å². The summed E-state index contributed by atoms with van der Waals surface area (Å²) in [6, 6.07) is 3.96. The van der Waals surface area contributed by atoms with Crippen LogP contribution in [-0.4, -0.2) is 28.0 Å². The lowest BCUT2D eigenvalue weighted by molar-refractivity contribution is 0.526. The molecular weight excluding hydrogens is 200 g/mol. The number of aromatic amines is 1. The highest BCUT2D eigenvalue weighted by atomic mass is 15.0. The van der Waals surface area contributed by atoms with Gasteiger partial charge in [0.1, 0.15) is 5.82 Å². The third kappa shape index (κ3) is 1.93. The van der Waals surface area contributed by atoms with Gasteiger partial charge in [-0.25, -0.2) is 9.97 Å². The summed E-state index contributed by atoms with van der Waals surface area (Å²) in [6.07, 6.45) is 5.34. The van der Waals surface area contributed by atoms with Crippen molar-refractivity contribution in [1.29, 1.82) is 0 Å². The van der Waals surface area contributed by atoms with Gasteiger partial charge in [0.05, 0.1) is 5.52 Å². The molecule has 2 aromatic rings. The fourth-order valence-corrected chi connectivity index (χ4v) is 2.31. The normalized spacial score (nSPS) is 20.6. The highest BCUT2D eigenvalue weighted by molar-refractivity contribution is 5.69. The van der Waals surface area contributed by atoms with Gasteiger partial charge in [-0.1, -0.05) is 0 Å². The lowest BCUT2D eigenvalue weighted by atomic mass is 10.0. The average Bonchev–Trinajstić information content (AvgIpc) is 2.95. The number of imidazole rings is 1. The minimum atomic E-state index is 0.821. The first-order chi connectivity index (χ1) is 7.92. The smallest absolute Gasteiger partial charge is 0.177 e. The fourth-order valence-electron chi connectivity index (χ4n) is 2.31. The maximum Gasteiger partial charge on any atom is 0.177 e. The molecule has 4 heteroatoms. The van der Waals surface area contributed by atoms with Crippen molar-refractivity contribution in [2.75, 3.05) is 13.1 Å². The van der Waals surface area contributed by atoms with E-state index >= 15 is 0 Å². The highest BCUT2D eigenvalue weighted by Crippen LogP contribution is 2.16. The molecular formula is C12H16N4. The number of nitrogens with zero attached hydrogens (tertiary/aromatic N) is 2. The van der Waals surface area contributed by atoms with E-state index in [-0.39, 0.29) is 0 Å². The molecule has 1 atom stereocenters. The van der Waals surface area contributed by atoms with E-state index in [2.05, 4.69) is 20.3 Å². The molecule has 1 fully saturated rings. The number of aromatic nitrogens is 3. The molecule has 3 heterocycles. The van der Waals surface area contributed by atoms with E-state index in [0.29, 0.717) is 0 Å². The van der Waals surface area contributed by atoms with Crippen molar-refractivity contribution in [3.63, 3.8) is 0 Å². The maximum absolute atomic E-state index is 4.49. The van der Waals surface area contributed by atoms with E-state index < -0.39 is 0 Å². The van der Waals surface area contributed by atoms with Gasteiger partial charge in [-0.3, -0.25) is 0 Å². The molecule has 4 nitrogen and oxygen atoms in total. The van der Waals surface area contributed by atoms with Crippen molar-refractivity contribution in [2.45, 2.75) is 19.3 Å². The van der Waals surface area contributed by atoms with Gasteiger partial charge in [-0.2, -0.15) is 0 Å². The van der Waals surface area contributed by atoms with Crippen LogP contribution in [0.1, 0.15) is 18.7 Å². The lowest BCUT2D eigenvalue weighted by Gasteiger charge is -2.04. The molecule has 1 saturated heterocycles. The first-order valence-electron chi connectivity index (χ1n) is 5.92. The predicted molar refractivity (Wildman–Crippen MR) is 63.2 cm³/mol. The van der Waals surface area contributed by atoms with Crippen LogP contribution in [0, 0.1) is 5.92 Å². The minimum Gasteiger partial charge on any atom is -0.341 e. The Bertz CT molecular complexity index is 438. The molecule has 0 bridgehead atoms. The summed E-state index contributed by atoms with van der Waals surface area (Å²) in [7, 11) is 0. The highest BCUT2D eigenvalue weighted by Gasteiger charge is 2.14. The zero-order valence-electron chi connectivity index (χ0n) is 9.24. The standard InChI is InChI=1S/C12H16N4/c1-2-10-12(14-6-1)16-11(15-10)4-3-9-5-7-13-8-9/h1-2,6,9,13H,3-5,7-8H2,(H,14,15,16). The monoisotopic (exact) mass is 216 g/mol. The SMILES string of the molecule is c1cnc2nc(CCC3CCNC3)[nH]c2c1. The molecule has 3 rings (SSSR count). The Labute approximate surface area is 94.5 Å². The van der Waals surface area contributed by atoms with Gasteiger partial charge >= 0.3 is 0 Å². The molecule has 0 radical (unpaired) electrons. The van der Waals surface area contributed by atoms with Gasteiger partial charge in [0.25, 0.3) is 0 Å². The van der Waals surface area contributed by atoms with Crippen LogP contribution in [0.3, 0.4) is 0 Å². The van der Waals surface area contributed by atoms with Crippen molar-refractivity contribution in [2.24, 2.45) is 5.92 Å². The Balaban J connectivity index is 1.69. The van der Waals surface area contributed by atoms with Crippen LogP contribution < -0.4 is 5.32 Å². The summed E-state index contributed by atoms with van der Waals surface area (Å²) >= 11 is 0. The van der Waals surface area contributed by atoms with Gasteiger partial charge < -0.3 is 10.3 Å². The van der Waals surface area contributed by atoms with Gasteiger partial charge in [0.15, 0.2) is 5.65 Å². The fraction of sp³-hybridized carbons (Fsp3) is 0.500. The maximum atomic E-state index is 4.49. The van der Waals surface area contributed by atoms with Crippen LogP contribution in [0.15, 0.2) is 18.3 Å². The first-order valence-corrected chi connectivity index (χ1v) is 5.92. The largest absolute Gasteiger partial charge is 0.341 e. The Kier molecular flexibility index (Phi) is 2.58. The zero-order valence-corrected chi connectivity index (χ0v) is 9.24. The number of H-pyrrole nitrogens is 1. The summed E-state index contributed by atoms with van der Waals surface area (Å²) in [5.41, 5.74) is 1.88. The Morgan fingerprint density at radius 3 is 3.25 bits per heavy atom. The topological polar surface area (TPSA) is 53.6 Å². The summed E-state index contributed by atoms with van der Waals surface area (Å²) in [6.45, 7) is 2.34. The van der Waals surface area contributed by atoms with Crippen molar-refractivity contribution < 1.29 is 0 Å². The molecule has 0 spiro atoms. The van der Waals surface area contributed by atoms with Crippen LogP contribution in [0.2, 0.25) is 0 Å². The second-order valence-corrected chi connectivity index (χ2v) is 4.46. The average molecular weight is 216 g/mol. The van der Waals surface area contributed by atoms with Gasteiger partial charge in [0.2, 0.25) is 0 Å². The number of pyridine rings is 1. The third-order valence-corrected chi connectivity index (χ3v) is 3.26. The number of aryl methyl sites for hydroxylation is 1. The first kappa shape index (κ1) is 9.78. The van der Waals surface area contributed by atoms with Crippen molar-refractivity contribution >= 4 is 11.2 Å². The minimum absolute atomic E-state index is 0.821. The predicted octanol–water partition coefficient (Wildman–Crippen LogP) is 1.50. The van der Waals surface area contributed by atoms with Crippen LogP contribution in [-0.2, 0) is 6.42 Å². The molecule has 0 amide bonds. The van der Waals surface area contributed by atoms with Crippen molar-refractivity contribution in [3.05, 3.63) is 24.2 Å². The van der Waals surface area contributed by atoms with Crippen molar-refractivity contribution in [3.8, 4) is 0 Å². The number of fused-ring (bicyclic) bond motifs is 1. The molecule has 0 saturated carbocycles. The molecule has 84 valence electrons.